The first-order chi connectivity index (χ1) is 9.95. The molecule has 1 aliphatic carbocycles. The van der Waals surface area contributed by atoms with Crippen LogP contribution in [0.25, 0.3) is 0 Å². The van der Waals surface area contributed by atoms with Crippen LogP contribution in [0.4, 0.5) is 0 Å². The van der Waals surface area contributed by atoms with Gasteiger partial charge in [0.15, 0.2) is 0 Å². The molecule has 1 aromatic rings. The van der Waals surface area contributed by atoms with E-state index >= 15 is 0 Å². The number of hydrogen-bond acceptors (Lipinski definition) is 5. The second kappa shape index (κ2) is 5.57. The van der Waals surface area contributed by atoms with E-state index in [-0.39, 0.29) is 9.58 Å². The predicted molar refractivity (Wildman–Crippen MR) is 83.1 cm³/mol. The van der Waals surface area contributed by atoms with E-state index in [0.29, 0.717) is 11.7 Å². The number of aliphatic carboxylic acids is 1. The lowest BCUT2D eigenvalue weighted by molar-refractivity contribution is -0.140. The van der Waals surface area contributed by atoms with Gasteiger partial charge in [-0.1, -0.05) is 6.92 Å². The number of sulfonamides is 1. The highest BCUT2D eigenvalue weighted by Crippen LogP contribution is 2.47. The Hall–Kier alpha value is -0.570. The first-order valence-electron chi connectivity index (χ1n) is 6.91. The fraction of sp³-hybridized carbons (Fsp3) is 0.615. The largest absolute Gasteiger partial charge is 0.480 e. The van der Waals surface area contributed by atoms with Crippen LogP contribution in [0.2, 0.25) is 0 Å². The van der Waals surface area contributed by atoms with Crippen molar-refractivity contribution < 1.29 is 18.3 Å². The van der Waals surface area contributed by atoms with Gasteiger partial charge in [-0.05, 0) is 37.3 Å². The molecule has 2 atom stereocenters. The van der Waals surface area contributed by atoms with E-state index in [2.05, 4.69) is 0 Å². The molecule has 1 saturated carbocycles. The monoisotopic (exact) mass is 347 g/mol. The van der Waals surface area contributed by atoms with Gasteiger partial charge in [0.1, 0.15) is 10.3 Å². The third kappa shape index (κ3) is 2.74. The SMILES string of the molecule is CCc1ccc(S(=O)(=O)N2C(C(=O)O)CSC2C2CC2)s1. The van der Waals surface area contributed by atoms with Gasteiger partial charge in [-0.15, -0.1) is 23.1 Å². The normalized spacial score (nSPS) is 27.1. The standard InChI is InChI=1S/C13H17NO4S3/c1-2-9-5-6-11(20-9)21(17,18)14-10(13(15)16)7-19-12(14)8-3-4-8/h5-6,8,10,12H,2-4,7H2,1H3,(H,15,16). The molecule has 0 spiro atoms. The Labute approximate surface area is 132 Å². The molecule has 0 aromatic carbocycles. The number of thioether (sulfide) groups is 1. The summed E-state index contributed by atoms with van der Waals surface area (Å²) in [5.41, 5.74) is 0. The predicted octanol–water partition coefficient (Wildman–Crippen LogP) is 2.24. The highest BCUT2D eigenvalue weighted by molar-refractivity contribution is 8.01. The molecule has 2 fully saturated rings. The third-order valence-corrected chi connectivity index (χ3v) is 8.99. The molecule has 2 heterocycles. The van der Waals surface area contributed by atoms with Gasteiger partial charge in [-0.25, -0.2) is 8.42 Å². The number of carbonyl (C=O) groups is 1. The Balaban J connectivity index is 1.98. The molecular formula is C13H17NO4S3. The summed E-state index contributed by atoms with van der Waals surface area (Å²) >= 11 is 2.70. The van der Waals surface area contributed by atoms with Gasteiger partial charge in [-0.3, -0.25) is 4.79 Å². The van der Waals surface area contributed by atoms with Crippen LogP contribution in [-0.2, 0) is 21.2 Å². The lowest BCUT2D eigenvalue weighted by Gasteiger charge is -2.25. The summed E-state index contributed by atoms with van der Waals surface area (Å²) in [6.07, 6.45) is 2.75. The molecule has 0 amide bonds. The summed E-state index contributed by atoms with van der Waals surface area (Å²) in [6, 6.07) is 2.46. The molecule has 116 valence electrons. The smallest absolute Gasteiger partial charge is 0.322 e. The minimum atomic E-state index is -3.73. The Morgan fingerprint density at radius 3 is 2.67 bits per heavy atom. The number of carboxylic acid groups (broad SMARTS) is 1. The summed E-state index contributed by atoms with van der Waals surface area (Å²) in [7, 11) is -3.73. The quantitative estimate of drug-likeness (QED) is 0.884. The van der Waals surface area contributed by atoms with Crippen LogP contribution in [-0.4, -0.2) is 41.0 Å². The molecule has 1 N–H and O–H groups in total. The van der Waals surface area contributed by atoms with Gasteiger partial charge >= 0.3 is 5.97 Å². The van der Waals surface area contributed by atoms with Crippen LogP contribution in [0, 0.1) is 5.92 Å². The first-order valence-corrected chi connectivity index (χ1v) is 10.2. The number of thiophene rings is 1. The Morgan fingerprint density at radius 1 is 1.43 bits per heavy atom. The number of rotatable bonds is 5. The molecule has 2 unspecified atom stereocenters. The molecule has 8 heteroatoms. The van der Waals surface area contributed by atoms with Crippen molar-refractivity contribution in [3.05, 3.63) is 17.0 Å². The molecular weight excluding hydrogens is 330 g/mol. The van der Waals surface area contributed by atoms with Crippen LogP contribution < -0.4 is 0 Å². The van der Waals surface area contributed by atoms with E-state index in [0.717, 1.165) is 24.1 Å². The van der Waals surface area contributed by atoms with Crippen LogP contribution in [0.3, 0.4) is 0 Å². The molecule has 0 radical (unpaired) electrons. The minimum Gasteiger partial charge on any atom is -0.480 e. The van der Waals surface area contributed by atoms with E-state index in [1.807, 2.05) is 13.0 Å². The van der Waals surface area contributed by atoms with Gasteiger partial charge in [0, 0.05) is 10.6 Å². The number of carboxylic acids is 1. The summed E-state index contributed by atoms with van der Waals surface area (Å²) in [4.78, 5) is 12.4. The fourth-order valence-corrected chi connectivity index (χ4v) is 7.72. The van der Waals surface area contributed by atoms with E-state index in [9.17, 15) is 18.3 Å². The number of nitrogens with zero attached hydrogens (tertiary/aromatic N) is 1. The van der Waals surface area contributed by atoms with Gasteiger partial charge in [0.05, 0.1) is 5.37 Å². The summed E-state index contributed by atoms with van der Waals surface area (Å²) in [5, 5.41) is 9.13. The molecule has 0 bridgehead atoms. The molecule has 3 rings (SSSR count). The maximum absolute atomic E-state index is 12.9. The third-order valence-electron chi connectivity index (χ3n) is 3.81. The first kappa shape index (κ1) is 15.3. The zero-order valence-corrected chi connectivity index (χ0v) is 14.0. The Kier molecular flexibility index (Phi) is 4.06. The number of aryl methyl sites for hydroxylation is 1. The van der Waals surface area contributed by atoms with E-state index in [1.165, 1.54) is 27.4 Å². The lowest BCUT2D eigenvalue weighted by atomic mass is 10.3. The second-order valence-electron chi connectivity index (χ2n) is 5.32. The van der Waals surface area contributed by atoms with Crippen LogP contribution >= 0.6 is 23.1 Å². The summed E-state index contributed by atoms with van der Waals surface area (Å²) in [6.45, 7) is 1.97. The van der Waals surface area contributed by atoms with Crippen molar-refractivity contribution in [3.8, 4) is 0 Å². The number of hydrogen-bond donors (Lipinski definition) is 1. The molecule has 1 aliphatic heterocycles. The Bertz CT molecular complexity index is 650. The van der Waals surface area contributed by atoms with E-state index in [4.69, 9.17) is 0 Å². The van der Waals surface area contributed by atoms with Crippen molar-refractivity contribution in [1.29, 1.82) is 0 Å². The maximum Gasteiger partial charge on any atom is 0.322 e. The maximum atomic E-state index is 12.9. The molecule has 21 heavy (non-hydrogen) atoms. The topological polar surface area (TPSA) is 74.7 Å². The second-order valence-corrected chi connectivity index (χ2v) is 9.71. The van der Waals surface area contributed by atoms with E-state index < -0.39 is 22.0 Å². The van der Waals surface area contributed by atoms with Crippen molar-refractivity contribution >= 4 is 39.1 Å². The van der Waals surface area contributed by atoms with Crippen LogP contribution in [0.5, 0.6) is 0 Å². The van der Waals surface area contributed by atoms with Gasteiger partial charge in [-0.2, -0.15) is 4.31 Å². The van der Waals surface area contributed by atoms with Gasteiger partial charge < -0.3 is 5.11 Å². The molecule has 1 aromatic heterocycles. The molecule has 1 saturated heterocycles. The summed E-state index contributed by atoms with van der Waals surface area (Å²) in [5.74, 6) is -0.414. The van der Waals surface area contributed by atoms with Crippen molar-refractivity contribution in [2.75, 3.05) is 5.75 Å². The zero-order chi connectivity index (χ0) is 15.2. The van der Waals surface area contributed by atoms with Gasteiger partial charge in [0.2, 0.25) is 0 Å². The fourth-order valence-electron chi connectivity index (χ4n) is 2.51. The minimum absolute atomic E-state index is 0.219. The summed E-state index contributed by atoms with van der Waals surface area (Å²) < 4.78 is 27.3. The van der Waals surface area contributed by atoms with Crippen molar-refractivity contribution in [1.82, 2.24) is 4.31 Å². The molecule has 2 aliphatic rings. The highest BCUT2D eigenvalue weighted by Gasteiger charge is 2.51. The van der Waals surface area contributed by atoms with Crippen molar-refractivity contribution in [2.45, 2.75) is 41.8 Å². The van der Waals surface area contributed by atoms with Gasteiger partial charge in [0.25, 0.3) is 10.0 Å². The van der Waals surface area contributed by atoms with Crippen molar-refractivity contribution in [3.63, 3.8) is 0 Å². The Morgan fingerprint density at radius 2 is 2.14 bits per heavy atom. The average Bonchev–Trinajstić information content (AvgIpc) is 3.01. The molecule has 5 nitrogen and oxygen atoms in total. The highest BCUT2D eigenvalue weighted by atomic mass is 32.2. The van der Waals surface area contributed by atoms with E-state index in [1.54, 1.807) is 6.07 Å². The average molecular weight is 347 g/mol. The van der Waals surface area contributed by atoms with Crippen LogP contribution in [0.1, 0.15) is 24.6 Å². The lowest BCUT2D eigenvalue weighted by Crippen LogP contribution is -2.45. The zero-order valence-electron chi connectivity index (χ0n) is 11.6. The van der Waals surface area contributed by atoms with Crippen LogP contribution in [0.15, 0.2) is 16.3 Å². The van der Waals surface area contributed by atoms with Crippen molar-refractivity contribution in [2.24, 2.45) is 5.92 Å².